The van der Waals surface area contributed by atoms with E-state index in [2.05, 4.69) is 26.2 Å². The van der Waals surface area contributed by atoms with Crippen molar-refractivity contribution < 1.29 is 0 Å². The van der Waals surface area contributed by atoms with Gasteiger partial charge in [0.05, 0.1) is 27.3 Å². The van der Waals surface area contributed by atoms with E-state index < -0.39 is 0 Å². The molecule has 0 radical (unpaired) electrons. The third-order valence-electron chi connectivity index (χ3n) is 1.48. The van der Waals surface area contributed by atoms with Gasteiger partial charge < -0.3 is 0 Å². The van der Waals surface area contributed by atoms with Crippen LogP contribution in [0.1, 0.15) is 0 Å². The van der Waals surface area contributed by atoms with Gasteiger partial charge in [-0.15, -0.1) is 0 Å². The Balaban J connectivity index is 0.000001000. The number of hydrogen-bond donors (Lipinski definition) is 0. The SMILES string of the molecule is Cn1nccc1[N+](C)(C)C.[SnH4]. The first kappa shape index (κ1) is 11.0. The second kappa shape index (κ2) is 3.58. The van der Waals surface area contributed by atoms with Gasteiger partial charge in [0.2, 0.25) is 5.82 Å². The molecule has 11 heavy (non-hydrogen) atoms. The van der Waals surface area contributed by atoms with Crippen LogP contribution in [0.15, 0.2) is 12.3 Å². The number of hydrogen-bond acceptors (Lipinski definition) is 1. The fourth-order valence-electron chi connectivity index (χ4n) is 1.02. The van der Waals surface area contributed by atoms with Crippen molar-refractivity contribution in [2.75, 3.05) is 21.1 Å². The maximum atomic E-state index is 4.08. The zero-order chi connectivity index (χ0) is 7.78. The molecule has 0 unspecified atom stereocenters. The third-order valence-corrected chi connectivity index (χ3v) is 1.48. The van der Waals surface area contributed by atoms with Crippen LogP contribution in [0.2, 0.25) is 0 Å². The number of quaternary nitrogens is 1. The van der Waals surface area contributed by atoms with Crippen molar-refractivity contribution in [3.05, 3.63) is 12.3 Å². The van der Waals surface area contributed by atoms with E-state index in [1.165, 1.54) is 5.82 Å². The Bertz CT molecular complexity index is 224. The van der Waals surface area contributed by atoms with Crippen molar-refractivity contribution in [2.24, 2.45) is 7.05 Å². The maximum absolute atomic E-state index is 4.08. The summed E-state index contributed by atoms with van der Waals surface area (Å²) >= 11 is 0. The third kappa shape index (κ3) is 2.48. The molecule has 0 saturated heterocycles. The molecule has 1 rings (SSSR count). The monoisotopic (exact) mass is 264 g/mol. The average molecular weight is 263 g/mol. The van der Waals surface area contributed by atoms with Gasteiger partial charge in [-0.05, 0) is 0 Å². The van der Waals surface area contributed by atoms with Gasteiger partial charge in [-0.2, -0.15) is 5.10 Å². The van der Waals surface area contributed by atoms with Crippen LogP contribution in [0.4, 0.5) is 5.82 Å². The summed E-state index contributed by atoms with van der Waals surface area (Å²) in [5.41, 5.74) is 0. The van der Waals surface area contributed by atoms with Crippen LogP contribution in [0, 0.1) is 0 Å². The van der Waals surface area contributed by atoms with Gasteiger partial charge >= 0.3 is 23.9 Å². The van der Waals surface area contributed by atoms with E-state index in [1.807, 2.05) is 24.0 Å². The summed E-state index contributed by atoms with van der Waals surface area (Å²) in [7, 11) is 8.32. The molecular weight excluding hydrogens is 245 g/mol. The van der Waals surface area contributed by atoms with Crippen LogP contribution >= 0.6 is 0 Å². The van der Waals surface area contributed by atoms with Gasteiger partial charge in [-0.1, -0.05) is 0 Å². The fraction of sp³-hybridized carbons (Fsp3) is 0.571. The quantitative estimate of drug-likeness (QED) is 0.477. The summed E-state index contributed by atoms with van der Waals surface area (Å²) in [5.74, 6) is 1.21. The Morgan fingerprint density at radius 1 is 1.36 bits per heavy atom. The van der Waals surface area contributed by atoms with E-state index in [9.17, 15) is 0 Å². The second-order valence-corrected chi connectivity index (χ2v) is 3.33. The van der Waals surface area contributed by atoms with Gasteiger partial charge in [-0.25, -0.2) is 4.68 Å². The van der Waals surface area contributed by atoms with Crippen LogP contribution < -0.4 is 4.48 Å². The molecule has 0 aromatic carbocycles. The van der Waals surface area contributed by atoms with E-state index in [0.29, 0.717) is 0 Å². The zero-order valence-corrected chi connectivity index (χ0v) is 7.00. The summed E-state index contributed by atoms with van der Waals surface area (Å²) in [4.78, 5) is 0. The minimum absolute atomic E-state index is 0. The summed E-state index contributed by atoms with van der Waals surface area (Å²) in [5, 5.41) is 4.08. The molecule has 0 aliphatic heterocycles. The van der Waals surface area contributed by atoms with Crippen molar-refractivity contribution >= 4 is 29.7 Å². The van der Waals surface area contributed by atoms with Crippen molar-refractivity contribution in [2.45, 2.75) is 0 Å². The first-order valence-corrected chi connectivity index (χ1v) is 3.32. The standard InChI is InChI=1S/C7H14N3.Sn.4H/c1-9-7(5-6-8-9)10(2,3)4;;;;;/h5-6H,1-4H3;;;;;/q+1;;;;;. The molecule has 3 nitrogen and oxygen atoms in total. The molecule has 1 aromatic heterocycles. The molecular formula is C7H18N3Sn+. The Morgan fingerprint density at radius 3 is 2.09 bits per heavy atom. The van der Waals surface area contributed by atoms with E-state index in [0.717, 1.165) is 4.48 Å². The molecule has 1 aromatic rings. The number of nitrogens with zero attached hydrogens (tertiary/aromatic N) is 3. The van der Waals surface area contributed by atoms with Crippen LogP contribution in [-0.2, 0) is 7.05 Å². The minimum atomic E-state index is 0. The van der Waals surface area contributed by atoms with E-state index in [1.54, 1.807) is 0 Å². The molecule has 0 saturated carbocycles. The predicted molar refractivity (Wildman–Crippen MR) is 54.1 cm³/mol. The van der Waals surface area contributed by atoms with E-state index >= 15 is 0 Å². The molecule has 1 heterocycles. The Kier molecular flexibility index (Phi) is 3.57. The van der Waals surface area contributed by atoms with Crippen LogP contribution in [0.25, 0.3) is 0 Å². The molecule has 64 valence electrons. The Hall–Kier alpha value is -0.0313. The second-order valence-electron chi connectivity index (χ2n) is 3.33. The Labute approximate surface area is 84.5 Å². The topological polar surface area (TPSA) is 17.8 Å². The summed E-state index contributed by atoms with van der Waals surface area (Å²) in [6.45, 7) is 0. The first-order valence-electron chi connectivity index (χ1n) is 3.32. The van der Waals surface area contributed by atoms with Crippen molar-refractivity contribution in [1.29, 1.82) is 0 Å². The molecule has 0 bridgehead atoms. The Morgan fingerprint density at radius 2 is 1.91 bits per heavy atom. The molecule has 4 heteroatoms. The van der Waals surface area contributed by atoms with E-state index in [-0.39, 0.29) is 23.9 Å². The van der Waals surface area contributed by atoms with Gasteiger partial charge in [0.15, 0.2) is 0 Å². The van der Waals surface area contributed by atoms with Crippen LogP contribution in [-0.4, -0.2) is 54.8 Å². The molecule has 0 atom stereocenters. The van der Waals surface area contributed by atoms with Crippen LogP contribution in [0.5, 0.6) is 0 Å². The van der Waals surface area contributed by atoms with Gasteiger partial charge in [0, 0.05) is 13.1 Å². The predicted octanol–water partition coefficient (Wildman–Crippen LogP) is -0.835. The van der Waals surface area contributed by atoms with Gasteiger partial charge in [0.1, 0.15) is 0 Å². The average Bonchev–Trinajstić information content (AvgIpc) is 2.11. The molecule has 0 aliphatic rings. The summed E-state index contributed by atoms with van der Waals surface area (Å²) in [6, 6.07) is 2.03. The molecule has 0 aliphatic carbocycles. The number of rotatable bonds is 1. The molecule has 0 fully saturated rings. The molecule has 0 amide bonds. The normalized spacial score (nSPS) is 10.9. The summed E-state index contributed by atoms with van der Waals surface area (Å²) < 4.78 is 2.70. The summed E-state index contributed by atoms with van der Waals surface area (Å²) in [6.07, 6.45) is 1.82. The van der Waals surface area contributed by atoms with Crippen molar-refractivity contribution in [3.63, 3.8) is 0 Å². The van der Waals surface area contributed by atoms with Crippen LogP contribution in [0.3, 0.4) is 0 Å². The van der Waals surface area contributed by atoms with Gasteiger partial charge in [0.25, 0.3) is 0 Å². The number of aromatic nitrogens is 2. The molecule has 0 N–H and O–H groups in total. The van der Waals surface area contributed by atoms with Crippen molar-refractivity contribution in [3.8, 4) is 0 Å². The first-order chi connectivity index (χ1) is 4.52. The van der Waals surface area contributed by atoms with Gasteiger partial charge in [-0.3, -0.25) is 4.48 Å². The fourth-order valence-corrected chi connectivity index (χ4v) is 1.02. The zero-order valence-electron chi connectivity index (χ0n) is 7.00. The number of aryl methyl sites for hydroxylation is 1. The van der Waals surface area contributed by atoms with E-state index in [4.69, 9.17) is 0 Å². The molecule has 0 spiro atoms. The van der Waals surface area contributed by atoms with Crippen molar-refractivity contribution in [1.82, 2.24) is 14.3 Å².